The summed E-state index contributed by atoms with van der Waals surface area (Å²) in [5.74, 6) is -4.54. The molecule has 3 atom stereocenters. The lowest BCUT2D eigenvalue weighted by molar-refractivity contribution is -0.0688. The molecular formula is C32H36F4N2O9S. The first-order valence-corrected chi connectivity index (χ1v) is 15.5. The molecule has 1 heterocycles. The minimum Gasteiger partial charge on any atom is -0.493 e. The van der Waals surface area contributed by atoms with Crippen molar-refractivity contribution in [2.75, 3.05) is 59.8 Å². The van der Waals surface area contributed by atoms with Gasteiger partial charge in [0.15, 0.2) is 52.6 Å². The van der Waals surface area contributed by atoms with Crippen LogP contribution in [-0.4, -0.2) is 71.9 Å². The lowest BCUT2D eigenvalue weighted by atomic mass is 10.0. The van der Waals surface area contributed by atoms with E-state index < -0.39 is 46.6 Å². The number of thioether (sulfide) groups is 1. The van der Waals surface area contributed by atoms with Crippen LogP contribution in [0.3, 0.4) is 0 Å². The molecule has 3 N–H and O–H groups in total. The van der Waals surface area contributed by atoms with Crippen LogP contribution in [0, 0.1) is 23.3 Å². The van der Waals surface area contributed by atoms with Gasteiger partial charge >= 0.3 is 6.03 Å². The molecule has 0 radical (unpaired) electrons. The molecule has 2 amide bonds. The molecular weight excluding hydrogens is 664 g/mol. The molecule has 0 aliphatic carbocycles. The van der Waals surface area contributed by atoms with Crippen LogP contribution < -0.4 is 34.3 Å². The zero-order valence-electron chi connectivity index (χ0n) is 26.8. The fourth-order valence-electron chi connectivity index (χ4n) is 5.01. The number of aliphatic hydroxyl groups excluding tert-OH is 1. The Morgan fingerprint density at radius 1 is 0.854 bits per heavy atom. The van der Waals surface area contributed by atoms with Gasteiger partial charge in [-0.2, -0.15) is 0 Å². The zero-order chi connectivity index (χ0) is 35.0. The monoisotopic (exact) mass is 700 g/mol. The zero-order valence-corrected chi connectivity index (χ0v) is 27.6. The number of aliphatic hydroxyl groups is 1. The van der Waals surface area contributed by atoms with E-state index in [0.29, 0.717) is 47.4 Å². The van der Waals surface area contributed by atoms with Crippen LogP contribution in [0.2, 0.25) is 0 Å². The molecule has 1 fully saturated rings. The number of carbonyl (C=O) groups is 1. The summed E-state index contributed by atoms with van der Waals surface area (Å²) in [6.07, 6.45) is -0.815. The molecule has 0 spiro atoms. The number of hydrogen-bond acceptors (Lipinski definition) is 10. The molecule has 3 aromatic carbocycles. The maximum atomic E-state index is 14.1. The number of halogens is 4. The standard InChI is InChI=1S/C32H36F4N2O9S/c1-41-23-11-16(21-6-7-22(47-21)17-12-24(42-2)30(45-5)25(13-17)43-3)10-20(38-32(40)37-15-26(39)44-4)29(23)46-8-9-48-31-27(35)18(33)14-19(34)28(31)36/h10-14,21-22,26,39H,6-9,15H2,1-5H3,(H2,37,38,40). The van der Waals surface area contributed by atoms with Crippen LogP contribution in [0.25, 0.3) is 0 Å². The number of ether oxygens (including phenoxy) is 7. The van der Waals surface area contributed by atoms with Crippen molar-refractivity contribution < 1.29 is 60.6 Å². The smallest absolute Gasteiger partial charge is 0.319 e. The topological polar surface area (TPSA) is 126 Å². The average Bonchev–Trinajstić information content (AvgIpc) is 3.59. The number of methoxy groups -OCH3 is 5. The van der Waals surface area contributed by atoms with Crippen LogP contribution >= 0.6 is 11.8 Å². The first-order valence-electron chi connectivity index (χ1n) is 14.6. The second kappa shape index (κ2) is 16.8. The lowest BCUT2D eigenvalue weighted by Gasteiger charge is -2.21. The third-order valence-corrected chi connectivity index (χ3v) is 8.37. The Balaban J connectivity index is 1.58. The normalized spacial score (nSPS) is 16.3. The van der Waals surface area contributed by atoms with E-state index >= 15 is 0 Å². The van der Waals surface area contributed by atoms with Gasteiger partial charge in [0.1, 0.15) is 0 Å². The molecule has 48 heavy (non-hydrogen) atoms. The highest BCUT2D eigenvalue weighted by Gasteiger charge is 2.31. The maximum Gasteiger partial charge on any atom is 0.319 e. The molecule has 11 nitrogen and oxygen atoms in total. The minimum atomic E-state index is -1.52. The summed E-state index contributed by atoms with van der Waals surface area (Å²) >= 11 is 0.514. The highest BCUT2D eigenvalue weighted by Crippen LogP contribution is 2.48. The van der Waals surface area contributed by atoms with Crippen molar-refractivity contribution >= 4 is 23.5 Å². The number of nitrogens with one attached hydrogen (secondary N) is 2. The van der Waals surface area contributed by atoms with Crippen molar-refractivity contribution in [1.82, 2.24) is 5.32 Å². The maximum absolute atomic E-state index is 14.1. The summed E-state index contributed by atoms with van der Waals surface area (Å²) in [6, 6.07) is 6.33. The van der Waals surface area contributed by atoms with Crippen molar-refractivity contribution in [1.29, 1.82) is 0 Å². The molecule has 16 heteroatoms. The quantitative estimate of drug-likeness (QED) is 0.0561. The van der Waals surface area contributed by atoms with Gasteiger partial charge in [0.2, 0.25) is 5.75 Å². The van der Waals surface area contributed by atoms with Gasteiger partial charge in [0, 0.05) is 18.9 Å². The van der Waals surface area contributed by atoms with Gasteiger partial charge in [-0.3, -0.25) is 0 Å². The Morgan fingerprint density at radius 3 is 1.92 bits per heavy atom. The van der Waals surface area contributed by atoms with Gasteiger partial charge < -0.3 is 48.9 Å². The molecule has 1 aliphatic heterocycles. The van der Waals surface area contributed by atoms with E-state index in [2.05, 4.69) is 10.6 Å². The Kier molecular flexibility index (Phi) is 12.9. The second-order valence-electron chi connectivity index (χ2n) is 10.3. The van der Waals surface area contributed by atoms with Crippen LogP contribution in [0.5, 0.6) is 28.7 Å². The van der Waals surface area contributed by atoms with Crippen molar-refractivity contribution in [2.24, 2.45) is 0 Å². The fourth-order valence-corrected chi connectivity index (χ4v) is 5.83. The summed E-state index contributed by atoms with van der Waals surface area (Å²) in [5, 5.41) is 14.8. The van der Waals surface area contributed by atoms with Gasteiger partial charge in [-0.25, -0.2) is 22.4 Å². The van der Waals surface area contributed by atoms with Crippen LogP contribution in [-0.2, 0) is 9.47 Å². The molecule has 0 saturated carbocycles. The molecule has 1 aliphatic rings. The van der Waals surface area contributed by atoms with Gasteiger partial charge in [0.05, 0.1) is 64.4 Å². The number of benzene rings is 3. The first-order chi connectivity index (χ1) is 23.0. The fraction of sp³-hybridized carbons (Fsp3) is 0.406. The van der Waals surface area contributed by atoms with E-state index in [1.165, 1.54) is 35.5 Å². The van der Waals surface area contributed by atoms with E-state index in [0.717, 1.165) is 5.56 Å². The number of carbonyl (C=O) groups excluding carboxylic acids is 1. The van der Waals surface area contributed by atoms with Crippen LogP contribution in [0.15, 0.2) is 35.2 Å². The second-order valence-corrected chi connectivity index (χ2v) is 11.4. The summed E-state index contributed by atoms with van der Waals surface area (Å²) in [7, 11) is 7.21. The Hall–Kier alpha value is -4.12. The van der Waals surface area contributed by atoms with Gasteiger partial charge in [-0.15, -0.1) is 11.8 Å². The largest absolute Gasteiger partial charge is 0.493 e. The van der Waals surface area contributed by atoms with Gasteiger partial charge in [0.25, 0.3) is 0 Å². The number of rotatable bonds is 15. The number of amides is 2. The number of anilines is 1. The van der Waals surface area contributed by atoms with E-state index in [4.69, 9.17) is 33.2 Å². The number of hydrogen-bond donors (Lipinski definition) is 3. The van der Waals surface area contributed by atoms with Gasteiger partial charge in [-0.05, 0) is 48.2 Å². The number of urea groups is 1. The molecule has 3 unspecified atom stereocenters. The third-order valence-electron chi connectivity index (χ3n) is 7.35. The highest BCUT2D eigenvalue weighted by molar-refractivity contribution is 7.99. The summed E-state index contributed by atoms with van der Waals surface area (Å²) in [5.41, 5.74) is 1.58. The third kappa shape index (κ3) is 8.47. The summed E-state index contributed by atoms with van der Waals surface area (Å²) in [6.45, 7) is -0.436. The Morgan fingerprint density at radius 2 is 1.40 bits per heavy atom. The Bertz CT molecular complexity index is 1550. The summed E-state index contributed by atoms with van der Waals surface area (Å²) < 4.78 is 94.6. The van der Waals surface area contributed by atoms with E-state index in [1.807, 2.05) is 12.1 Å². The molecule has 262 valence electrons. The molecule has 3 aromatic rings. The van der Waals surface area contributed by atoms with Crippen molar-refractivity contribution in [3.63, 3.8) is 0 Å². The lowest BCUT2D eigenvalue weighted by Crippen LogP contribution is -2.36. The van der Waals surface area contributed by atoms with E-state index in [-0.39, 0.29) is 48.3 Å². The molecule has 1 saturated heterocycles. The van der Waals surface area contributed by atoms with Crippen molar-refractivity contribution in [3.8, 4) is 28.7 Å². The molecule has 4 rings (SSSR count). The predicted molar refractivity (Wildman–Crippen MR) is 167 cm³/mol. The Labute approximate surface area is 278 Å². The average molecular weight is 701 g/mol. The minimum absolute atomic E-state index is 0.0647. The summed E-state index contributed by atoms with van der Waals surface area (Å²) in [4.78, 5) is 11.9. The van der Waals surface area contributed by atoms with Gasteiger partial charge in [-0.1, -0.05) is 0 Å². The molecule has 0 bridgehead atoms. The highest BCUT2D eigenvalue weighted by atomic mass is 32.2. The predicted octanol–water partition coefficient (Wildman–Crippen LogP) is 6.13. The molecule has 0 aromatic heterocycles. The van der Waals surface area contributed by atoms with Crippen molar-refractivity contribution in [2.45, 2.75) is 36.2 Å². The van der Waals surface area contributed by atoms with Crippen LogP contribution in [0.1, 0.15) is 36.2 Å². The van der Waals surface area contributed by atoms with E-state index in [1.54, 1.807) is 12.1 Å². The van der Waals surface area contributed by atoms with E-state index in [9.17, 15) is 27.5 Å². The SMILES string of the molecule is COc1cc(C2CCC(c3cc(OC)c(OC)c(OC)c3)O2)cc(NC(=O)NCC(O)OC)c1OCCSc1c(F)c(F)cc(F)c1F. The van der Waals surface area contributed by atoms with Crippen molar-refractivity contribution in [3.05, 3.63) is 64.7 Å². The van der Waals surface area contributed by atoms with Crippen LogP contribution in [0.4, 0.5) is 28.0 Å². The first kappa shape index (κ1) is 36.7.